The molecule has 0 radical (unpaired) electrons. The molecular formula is C13H10N4O2. The maximum atomic E-state index is 10.9. The maximum Gasteiger partial charge on any atom is 0.335 e. The Morgan fingerprint density at radius 2 is 2.21 bits per heavy atom. The highest BCUT2D eigenvalue weighted by molar-refractivity contribution is 5.90. The van der Waals surface area contributed by atoms with Crippen LogP contribution in [0.1, 0.15) is 21.6 Å². The number of hydrogen-bond donors (Lipinski definition) is 2. The predicted molar refractivity (Wildman–Crippen MR) is 68.2 cm³/mol. The average Bonchev–Trinajstić information content (AvgIpc) is 2.38. The van der Waals surface area contributed by atoms with Gasteiger partial charge in [0.25, 0.3) is 0 Å². The number of nitrogens with zero attached hydrogens (tertiary/aromatic N) is 3. The van der Waals surface area contributed by atoms with Gasteiger partial charge in [-0.25, -0.2) is 14.8 Å². The van der Waals surface area contributed by atoms with Gasteiger partial charge in [0.15, 0.2) is 0 Å². The van der Waals surface area contributed by atoms with E-state index in [0.717, 1.165) is 0 Å². The van der Waals surface area contributed by atoms with Crippen LogP contribution in [0.25, 0.3) is 0 Å². The molecule has 0 aliphatic rings. The van der Waals surface area contributed by atoms with Crippen LogP contribution in [0.2, 0.25) is 0 Å². The van der Waals surface area contributed by atoms with Crippen molar-refractivity contribution >= 4 is 17.6 Å². The minimum atomic E-state index is -0.966. The maximum absolute atomic E-state index is 10.9. The fourth-order valence-electron chi connectivity index (χ4n) is 1.59. The second-order valence-corrected chi connectivity index (χ2v) is 3.84. The number of aromatic nitrogens is 2. The van der Waals surface area contributed by atoms with Crippen LogP contribution in [0.4, 0.5) is 11.6 Å². The summed E-state index contributed by atoms with van der Waals surface area (Å²) in [4.78, 5) is 18.8. The zero-order valence-corrected chi connectivity index (χ0v) is 10.1. The average molecular weight is 254 g/mol. The first-order valence-electron chi connectivity index (χ1n) is 5.44. The van der Waals surface area contributed by atoms with Crippen molar-refractivity contribution in [3.05, 3.63) is 47.3 Å². The van der Waals surface area contributed by atoms with Crippen LogP contribution in [-0.4, -0.2) is 21.0 Å². The van der Waals surface area contributed by atoms with Crippen molar-refractivity contribution in [3.8, 4) is 6.07 Å². The fourth-order valence-corrected chi connectivity index (χ4v) is 1.59. The van der Waals surface area contributed by atoms with Crippen LogP contribution in [0, 0.1) is 18.3 Å². The van der Waals surface area contributed by atoms with Crippen molar-refractivity contribution in [1.29, 1.82) is 5.26 Å². The van der Waals surface area contributed by atoms with Crippen molar-refractivity contribution in [1.82, 2.24) is 9.97 Å². The Morgan fingerprint density at radius 1 is 1.42 bits per heavy atom. The van der Waals surface area contributed by atoms with Gasteiger partial charge in [0.05, 0.1) is 5.56 Å². The molecule has 0 saturated carbocycles. The lowest BCUT2D eigenvalue weighted by molar-refractivity contribution is 0.0696. The van der Waals surface area contributed by atoms with E-state index in [-0.39, 0.29) is 11.3 Å². The Balaban J connectivity index is 2.26. The minimum Gasteiger partial charge on any atom is -0.478 e. The molecule has 0 bridgehead atoms. The van der Waals surface area contributed by atoms with Crippen LogP contribution in [0.3, 0.4) is 0 Å². The SMILES string of the molecule is Cc1cc(Nc2nccc(C#N)n2)ccc1C(=O)O. The number of anilines is 2. The molecule has 6 nitrogen and oxygen atoms in total. The van der Waals surface area contributed by atoms with Gasteiger partial charge in [0, 0.05) is 11.9 Å². The normalized spacial score (nSPS) is 9.68. The molecule has 0 unspecified atom stereocenters. The quantitative estimate of drug-likeness (QED) is 0.870. The van der Waals surface area contributed by atoms with Crippen LogP contribution in [0.15, 0.2) is 30.5 Å². The number of benzene rings is 1. The summed E-state index contributed by atoms with van der Waals surface area (Å²) in [6.45, 7) is 1.71. The third kappa shape index (κ3) is 2.84. The van der Waals surface area contributed by atoms with Crippen LogP contribution >= 0.6 is 0 Å². The Kier molecular flexibility index (Phi) is 3.39. The van der Waals surface area contributed by atoms with Gasteiger partial charge >= 0.3 is 5.97 Å². The standard InChI is InChI=1S/C13H10N4O2/c1-8-6-9(2-3-11(8)12(18)19)16-13-15-5-4-10(7-14)17-13/h2-6H,1H3,(H,18,19)(H,15,16,17). The Morgan fingerprint density at radius 3 is 2.84 bits per heavy atom. The molecule has 0 aliphatic heterocycles. The van der Waals surface area contributed by atoms with Gasteiger partial charge in [-0.1, -0.05) is 0 Å². The van der Waals surface area contributed by atoms with Gasteiger partial charge in [-0.15, -0.1) is 0 Å². The second kappa shape index (κ2) is 5.14. The van der Waals surface area contributed by atoms with Crippen molar-refractivity contribution < 1.29 is 9.90 Å². The number of carboxylic acid groups (broad SMARTS) is 1. The highest BCUT2D eigenvalue weighted by Crippen LogP contribution is 2.17. The van der Waals surface area contributed by atoms with E-state index >= 15 is 0 Å². The van der Waals surface area contributed by atoms with E-state index in [1.807, 2.05) is 6.07 Å². The smallest absolute Gasteiger partial charge is 0.335 e. The first-order chi connectivity index (χ1) is 9.10. The molecular weight excluding hydrogens is 244 g/mol. The Bertz CT molecular complexity index is 677. The number of nitriles is 1. The molecule has 2 aromatic rings. The number of aryl methyl sites for hydroxylation is 1. The van der Waals surface area contributed by atoms with Gasteiger partial charge in [0.1, 0.15) is 11.8 Å². The number of nitrogens with one attached hydrogen (secondary N) is 1. The third-order valence-corrected chi connectivity index (χ3v) is 2.48. The molecule has 0 spiro atoms. The van der Waals surface area contributed by atoms with Crippen molar-refractivity contribution in [2.24, 2.45) is 0 Å². The van der Waals surface area contributed by atoms with Crippen molar-refractivity contribution in [2.75, 3.05) is 5.32 Å². The fraction of sp³-hybridized carbons (Fsp3) is 0.0769. The highest BCUT2D eigenvalue weighted by Gasteiger charge is 2.07. The van der Waals surface area contributed by atoms with Gasteiger partial charge in [0.2, 0.25) is 5.95 Å². The van der Waals surface area contributed by atoms with E-state index in [2.05, 4.69) is 15.3 Å². The number of rotatable bonds is 3. The molecule has 1 aromatic carbocycles. The lowest BCUT2D eigenvalue weighted by Gasteiger charge is -2.07. The van der Waals surface area contributed by atoms with E-state index in [1.165, 1.54) is 18.3 Å². The summed E-state index contributed by atoms with van der Waals surface area (Å²) in [5.74, 6) is -0.673. The number of aromatic carboxylic acids is 1. The molecule has 0 saturated heterocycles. The van der Waals surface area contributed by atoms with Gasteiger partial charge < -0.3 is 10.4 Å². The molecule has 2 rings (SSSR count). The molecule has 19 heavy (non-hydrogen) atoms. The second-order valence-electron chi connectivity index (χ2n) is 3.84. The molecule has 0 atom stereocenters. The summed E-state index contributed by atoms with van der Waals surface area (Å²) in [5.41, 5.74) is 1.81. The van der Waals surface area contributed by atoms with E-state index in [0.29, 0.717) is 17.2 Å². The first kappa shape index (κ1) is 12.5. The summed E-state index contributed by atoms with van der Waals surface area (Å²) >= 11 is 0. The van der Waals surface area contributed by atoms with E-state index in [4.69, 9.17) is 10.4 Å². The number of carboxylic acids is 1. The summed E-state index contributed by atoms with van der Waals surface area (Å²) < 4.78 is 0. The predicted octanol–water partition coefficient (Wildman–Crippen LogP) is 2.10. The molecule has 6 heteroatoms. The van der Waals surface area contributed by atoms with Gasteiger partial charge in [-0.05, 0) is 36.8 Å². The number of hydrogen-bond acceptors (Lipinski definition) is 5. The molecule has 94 valence electrons. The first-order valence-corrected chi connectivity index (χ1v) is 5.44. The van der Waals surface area contributed by atoms with Gasteiger partial charge in [-0.3, -0.25) is 0 Å². The zero-order valence-electron chi connectivity index (χ0n) is 10.1. The lowest BCUT2D eigenvalue weighted by Crippen LogP contribution is -2.02. The topological polar surface area (TPSA) is 98.9 Å². The van der Waals surface area contributed by atoms with Crippen molar-refractivity contribution in [3.63, 3.8) is 0 Å². The lowest BCUT2D eigenvalue weighted by atomic mass is 10.1. The summed E-state index contributed by atoms with van der Waals surface area (Å²) in [7, 11) is 0. The van der Waals surface area contributed by atoms with E-state index in [9.17, 15) is 4.79 Å². The molecule has 1 heterocycles. The van der Waals surface area contributed by atoms with Crippen LogP contribution < -0.4 is 5.32 Å². The Labute approximate surface area is 109 Å². The van der Waals surface area contributed by atoms with Gasteiger partial charge in [-0.2, -0.15) is 5.26 Å². The number of carbonyl (C=O) groups is 1. The molecule has 0 aliphatic carbocycles. The summed E-state index contributed by atoms with van der Waals surface area (Å²) in [5, 5.41) is 20.6. The van der Waals surface area contributed by atoms with E-state index in [1.54, 1.807) is 19.1 Å². The Hall–Kier alpha value is -2.94. The molecule has 1 aromatic heterocycles. The zero-order chi connectivity index (χ0) is 13.8. The minimum absolute atomic E-state index is 0.247. The summed E-state index contributed by atoms with van der Waals surface area (Å²) in [6.07, 6.45) is 1.48. The largest absolute Gasteiger partial charge is 0.478 e. The third-order valence-electron chi connectivity index (χ3n) is 2.48. The van der Waals surface area contributed by atoms with E-state index < -0.39 is 5.97 Å². The molecule has 0 fully saturated rings. The van der Waals surface area contributed by atoms with Crippen molar-refractivity contribution in [2.45, 2.75) is 6.92 Å². The highest BCUT2D eigenvalue weighted by atomic mass is 16.4. The summed E-state index contributed by atoms with van der Waals surface area (Å²) in [6, 6.07) is 8.24. The van der Waals surface area contributed by atoms with Crippen LogP contribution in [0.5, 0.6) is 0 Å². The molecule has 2 N–H and O–H groups in total. The molecule has 0 amide bonds. The monoisotopic (exact) mass is 254 g/mol. The van der Waals surface area contributed by atoms with Crippen LogP contribution in [-0.2, 0) is 0 Å².